The van der Waals surface area contributed by atoms with E-state index in [1.165, 1.54) is 79.5 Å². The molecule has 0 saturated carbocycles. The fourth-order valence-electron chi connectivity index (χ4n) is 9.10. The zero-order valence-electron chi connectivity index (χ0n) is 36.0. The molecule has 1 aliphatic rings. The molecule has 3 aromatic heterocycles. The molecule has 302 valence electrons. The summed E-state index contributed by atoms with van der Waals surface area (Å²) in [5, 5.41) is 5.53. The number of nitrogens with zero attached hydrogens (tertiary/aromatic N) is 4. The first-order chi connectivity index (χ1) is 29.1. The third-order valence-corrected chi connectivity index (χ3v) is 14.3. The van der Waals surface area contributed by atoms with Crippen molar-refractivity contribution in [2.24, 2.45) is 4.99 Å². The molecule has 0 saturated heterocycles. The van der Waals surface area contributed by atoms with Crippen molar-refractivity contribution in [2.75, 3.05) is 18.0 Å². The highest BCUT2D eigenvalue weighted by atomic mass is 32.1. The van der Waals surface area contributed by atoms with Crippen LogP contribution in [0.3, 0.4) is 0 Å². The van der Waals surface area contributed by atoms with Gasteiger partial charge in [0.2, 0.25) is 0 Å². The van der Waals surface area contributed by atoms with Gasteiger partial charge in [0, 0.05) is 70.4 Å². The molecule has 1 aliphatic heterocycles. The van der Waals surface area contributed by atoms with Crippen LogP contribution in [-0.4, -0.2) is 28.5 Å². The number of hydrogen-bond donors (Lipinski definition) is 0. The molecule has 6 heteroatoms. The van der Waals surface area contributed by atoms with Crippen LogP contribution in [0.2, 0.25) is 0 Å². The Balaban J connectivity index is 0.000000154. The average Bonchev–Trinajstić information content (AvgIpc) is 4.08. The number of aromatic nitrogens is 2. The molecule has 60 heavy (non-hydrogen) atoms. The predicted octanol–water partition coefficient (Wildman–Crippen LogP) is 15.7. The normalized spacial score (nSPS) is 13.2. The Morgan fingerprint density at radius 3 is 1.53 bits per heavy atom. The van der Waals surface area contributed by atoms with Crippen LogP contribution < -0.4 is 4.90 Å². The van der Waals surface area contributed by atoms with Crippen LogP contribution in [0.5, 0.6) is 0 Å². The summed E-state index contributed by atoms with van der Waals surface area (Å²) in [7, 11) is 0. The molecule has 9 aromatic rings. The van der Waals surface area contributed by atoms with Gasteiger partial charge in [-0.1, -0.05) is 152 Å². The Hall–Kier alpha value is -5.56. The lowest BCUT2D eigenvalue weighted by Crippen LogP contribution is -2.30. The summed E-state index contributed by atoms with van der Waals surface area (Å²) < 4.78 is 7.88. The van der Waals surface area contributed by atoms with Gasteiger partial charge in [0.1, 0.15) is 11.7 Å². The van der Waals surface area contributed by atoms with Crippen LogP contribution in [-0.2, 0) is 0 Å². The lowest BCUT2D eigenvalue weighted by atomic mass is 9.89. The van der Waals surface area contributed by atoms with E-state index in [0.29, 0.717) is 23.7 Å². The minimum atomic E-state index is 0.403. The summed E-state index contributed by atoms with van der Waals surface area (Å²) in [6, 6.07) is 43.7. The van der Waals surface area contributed by atoms with Gasteiger partial charge in [-0.2, -0.15) is 0 Å². The first-order valence-corrected chi connectivity index (χ1v) is 23.2. The van der Waals surface area contributed by atoms with E-state index >= 15 is 0 Å². The van der Waals surface area contributed by atoms with Gasteiger partial charge in [-0.25, -0.2) is 4.98 Å². The van der Waals surface area contributed by atoms with Crippen molar-refractivity contribution >= 4 is 74.5 Å². The van der Waals surface area contributed by atoms with Crippen LogP contribution in [0.4, 0.5) is 5.69 Å². The summed E-state index contributed by atoms with van der Waals surface area (Å²) in [5.74, 6) is 3.80. The second-order valence-electron chi connectivity index (χ2n) is 17.2. The fourth-order valence-corrected chi connectivity index (χ4v) is 11.8. The molecule has 0 spiro atoms. The number of fused-ring (bicyclic) bond motifs is 6. The Morgan fingerprint density at radius 2 is 1.00 bits per heavy atom. The summed E-state index contributed by atoms with van der Waals surface area (Å²) in [6.45, 7) is 20.3. The monoisotopic (exact) mass is 822 g/mol. The number of aliphatic imine (C=N–C) groups is 1. The highest BCUT2D eigenvalue weighted by Crippen LogP contribution is 2.48. The molecule has 0 amide bonds. The molecule has 0 atom stereocenters. The first-order valence-electron chi connectivity index (χ1n) is 21.5. The quantitative estimate of drug-likeness (QED) is 0.153. The van der Waals surface area contributed by atoms with Crippen LogP contribution in [0.25, 0.3) is 57.4 Å². The van der Waals surface area contributed by atoms with E-state index in [1.54, 1.807) is 0 Å². The second kappa shape index (κ2) is 16.5. The molecule has 4 nitrogen and oxygen atoms in total. The van der Waals surface area contributed by atoms with E-state index in [1.807, 2.05) is 28.9 Å². The summed E-state index contributed by atoms with van der Waals surface area (Å²) >= 11 is 3.86. The molecule has 4 heterocycles. The van der Waals surface area contributed by atoms with Gasteiger partial charge >= 0.3 is 0 Å². The van der Waals surface area contributed by atoms with Gasteiger partial charge in [0.05, 0.1) is 17.9 Å². The van der Waals surface area contributed by atoms with E-state index in [-0.39, 0.29) is 0 Å². The molecular formula is C54H54N4S2. The van der Waals surface area contributed by atoms with Gasteiger partial charge in [-0.05, 0) is 70.2 Å². The number of benzene rings is 6. The summed E-state index contributed by atoms with van der Waals surface area (Å²) in [4.78, 5) is 12.2. The van der Waals surface area contributed by atoms with E-state index in [0.717, 1.165) is 30.3 Å². The highest BCUT2D eigenvalue weighted by Gasteiger charge is 2.30. The Bertz CT molecular complexity index is 3000. The van der Waals surface area contributed by atoms with E-state index in [9.17, 15) is 0 Å². The average molecular weight is 823 g/mol. The maximum absolute atomic E-state index is 4.93. The zero-order chi connectivity index (χ0) is 41.7. The fraction of sp³-hybridized carbons (Fsp3) is 0.259. The Morgan fingerprint density at radius 1 is 0.517 bits per heavy atom. The molecule has 0 fully saturated rings. The number of rotatable bonds is 8. The van der Waals surface area contributed by atoms with Gasteiger partial charge in [0.25, 0.3) is 0 Å². The number of amidine groups is 1. The molecular weight excluding hydrogens is 769 g/mol. The number of anilines is 1. The molecule has 0 unspecified atom stereocenters. The number of imidazole rings is 1. The number of hydrogen-bond acceptors (Lipinski definition) is 5. The third-order valence-electron chi connectivity index (χ3n) is 11.9. The minimum Gasteiger partial charge on any atom is -0.324 e. The smallest absolute Gasteiger partial charge is 0.144 e. The standard InChI is InChI=1S/C27H28N2S.C27H26N2S/c2*1-17(2)21-16-22-20-12-8-9-13-23(20)30-26(22)24(18(3)4)25(21)29-15-14-28-27(29)19-10-6-5-7-11-19/h5-13,16-18H,14-15H2,1-4H3;5-18H,1-4H3. The van der Waals surface area contributed by atoms with Gasteiger partial charge in [-0.3, -0.25) is 9.56 Å². The van der Waals surface area contributed by atoms with Crippen molar-refractivity contribution < 1.29 is 0 Å². The van der Waals surface area contributed by atoms with Crippen LogP contribution >= 0.6 is 22.7 Å². The molecule has 0 bridgehead atoms. The van der Waals surface area contributed by atoms with Crippen LogP contribution in [0.1, 0.15) is 107 Å². The van der Waals surface area contributed by atoms with Gasteiger partial charge in [-0.15, -0.1) is 22.7 Å². The third kappa shape index (κ3) is 7.04. The van der Waals surface area contributed by atoms with Crippen molar-refractivity contribution in [1.82, 2.24) is 9.55 Å². The molecule has 10 rings (SSSR count). The second-order valence-corrected chi connectivity index (χ2v) is 19.3. The lowest BCUT2D eigenvalue weighted by Gasteiger charge is -2.30. The van der Waals surface area contributed by atoms with Crippen LogP contribution in [0, 0.1) is 0 Å². The predicted molar refractivity (Wildman–Crippen MR) is 263 cm³/mol. The van der Waals surface area contributed by atoms with Crippen molar-refractivity contribution in [3.05, 3.63) is 162 Å². The summed E-state index contributed by atoms with van der Waals surface area (Å²) in [5.41, 5.74) is 10.7. The Labute approximate surface area is 362 Å². The van der Waals surface area contributed by atoms with Gasteiger partial charge < -0.3 is 4.90 Å². The van der Waals surface area contributed by atoms with E-state index in [4.69, 9.17) is 9.98 Å². The molecule has 6 aromatic carbocycles. The zero-order valence-corrected chi connectivity index (χ0v) is 37.7. The molecule has 0 radical (unpaired) electrons. The van der Waals surface area contributed by atoms with Crippen molar-refractivity contribution in [1.29, 1.82) is 0 Å². The summed E-state index contributed by atoms with van der Waals surface area (Å²) in [6.07, 6.45) is 4.04. The minimum absolute atomic E-state index is 0.403. The highest BCUT2D eigenvalue weighted by molar-refractivity contribution is 7.26. The SMILES string of the molecule is CC(C)c1cc2c(sc3ccccc32)c(C(C)C)c1-n1ccnc1-c1ccccc1.CC(C)c1cc2c(sc3ccccc32)c(C(C)C)c1N1CCN=C1c1ccccc1. The first kappa shape index (κ1) is 39.9. The Kier molecular flexibility index (Phi) is 11.0. The number of thiophene rings is 2. The molecule has 0 N–H and O–H groups in total. The maximum Gasteiger partial charge on any atom is 0.144 e. The van der Waals surface area contributed by atoms with Crippen molar-refractivity contribution in [3.63, 3.8) is 0 Å². The topological polar surface area (TPSA) is 33.4 Å². The maximum atomic E-state index is 4.93. The van der Waals surface area contributed by atoms with Crippen LogP contribution in [0.15, 0.2) is 139 Å². The van der Waals surface area contributed by atoms with Gasteiger partial charge in [0.15, 0.2) is 0 Å². The van der Waals surface area contributed by atoms with E-state index in [2.05, 4.69) is 192 Å². The largest absolute Gasteiger partial charge is 0.324 e. The lowest BCUT2D eigenvalue weighted by molar-refractivity contribution is 0.815. The van der Waals surface area contributed by atoms with E-state index < -0.39 is 0 Å². The molecule has 0 aliphatic carbocycles. The van der Waals surface area contributed by atoms with Crippen molar-refractivity contribution in [2.45, 2.75) is 79.1 Å². The van der Waals surface area contributed by atoms with Crippen molar-refractivity contribution in [3.8, 4) is 17.1 Å².